The van der Waals surface area contributed by atoms with Gasteiger partial charge in [-0.3, -0.25) is 9.59 Å². The third-order valence-corrected chi connectivity index (χ3v) is 4.12. The summed E-state index contributed by atoms with van der Waals surface area (Å²) in [5, 5.41) is 6.29. The number of furan rings is 1. The molecule has 0 bridgehead atoms. The molecule has 128 valence electrons. The quantitative estimate of drug-likeness (QED) is 0.698. The minimum absolute atomic E-state index is 0.0107. The second kappa shape index (κ2) is 7.27. The molecule has 1 aromatic carbocycles. The molecular weight excluding hydrogens is 350 g/mol. The minimum Gasteiger partial charge on any atom is -0.458 e. The third kappa shape index (κ3) is 4.10. The molecule has 0 unspecified atom stereocenters. The van der Waals surface area contributed by atoms with Gasteiger partial charge >= 0.3 is 11.8 Å². The highest BCUT2D eigenvalue weighted by molar-refractivity contribution is 7.13. The van der Waals surface area contributed by atoms with Gasteiger partial charge in [0.15, 0.2) is 0 Å². The van der Waals surface area contributed by atoms with E-state index in [-0.39, 0.29) is 6.54 Å². The summed E-state index contributed by atoms with van der Waals surface area (Å²) in [5.41, 5.74) is -0.405. The summed E-state index contributed by atoms with van der Waals surface area (Å²) in [5.74, 6) is -2.54. The Bertz CT molecular complexity index is 907. The molecule has 0 atom stereocenters. The molecule has 2 N–H and O–H groups in total. The molecule has 0 fully saturated rings. The van der Waals surface area contributed by atoms with Crippen molar-refractivity contribution >= 4 is 28.8 Å². The molecule has 8 heteroatoms. The Morgan fingerprint density at radius 1 is 1.08 bits per heavy atom. The van der Waals surface area contributed by atoms with E-state index >= 15 is 0 Å². The minimum atomic E-state index is -1.10. The van der Waals surface area contributed by atoms with Crippen LogP contribution in [0.25, 0.3) is 10.6 Å². The lowest BCUT2D eigenvalue weighted by atomic mass is 10.3. The molecule has 0 aliphatic rings. The van der Waals surface area contributed by atoms with Crippen LogP contribution >= 0.6 is 11.3 Å². The van der Waals surface area contributed by atoms with Gasteiger partial charge in [-0.25, -0.2) is 8.78 Å². The van der Waals surface area contributed by atoms with Gasteiger partial charge in [-0.1, -0.05) is 6.07 Å². The van der Waals surface area contributed by atoms with Gasteiger partial charge in [0.05, 0.1) is 17.1 Å². The summed E-state index contributed by atoms with van der Waals surface area (Å²) in [7, 11) is 0. The summed E-state index contributed by atoms with van der Waals surface area (Å²) in [6.07, 6.45) is 0. The SMILES string of the molecule is O=C(NCc1ccc(-c2cccs2)o1)C(=O)Nc1cc(F)ccc1F. The first-order chi connectivity index (χ1) is 12.0. The lowest BCUT2D eigenvalue weighted by molar-refractivity contribution is -0.136. The van der Waals surface area contributed by atoms with Gasteiger partial charge < -0.3 is 15.1 Å². The topological polar surface area (TPSA) is 71.3 Å². The third-order valence-electron chi connectivity index (χ3n) is 3.23. The molecule has 0 saturated carbocycles. The maximum absolute atomic E-state index is 13.5. The smallest absolute Gasteiger partial charge is 0.313 e. The molecule has 0 aliphatic heterocycles. The fourth-order valence-electron chi connectivity index (χ4n) is 2.04. The average molecular weight is 362 g/mol. The van der Waals surface area contributed by atoms with Gasteiger partial charge in [-0.2, -0.15) is 0 Å². The van der Waals surface area contributed by atoms with E-state index < -0.39 is 29.1 Å². The molecule has 0 radical (unpaired) electrons. The number of rotatable bonds is 4. The van der Waals surface area contributed by atoms with Crippen molar-refractivity contribution in [2.45, 2.75) is 6.54 Å². The van der Waals surface area contributed by atoms with E-state index in [1.54, 1.807) is 12.1 Å². The highest BCUT2D eigenvalue weighted by atomic mass is 32.1. The van der Waals surface area contributed by atoms with E-state index in [0.717, 1.165) is 23.1 Å². The normalized spacial score (nSPS) is 10.5. The average Bonchev–Trinajstić information content (AvgIpc) is 3.26. The fraction of sp³-hybridized carbons (Fsp3) is 0.0588. The molecule has 2 aromatic heterocycles. The maximum Gasteiger partial charge on any atom is 0.313 e. The van der Waals surface area contributed by atoms with E-state index in [9.17, 15) is 18.4 Å². The number of hydrogen-bond donors (Lipinski definition) is 2. The van der Waals surface area contributed by atoms with E-state index in [1.165, 1.54) is 11.3 Å². The molecule has 5 nitrogen and oxygen atoms in total. The standard InChI is InChI=1S/C17H12F2N2O3S/c18-10-3-5-12(19)13(8-10)21-17(23)16(22)20-9-11-4-6-14(24-11)15-2-1-7-25-15/h1-8H,9H2,(H,20,22)(H,21,23). The van der Waals surface area contributed by atoms with Crippen LogP contribution in [0, 0.1) is 11.6 Å². The van der Waals surface area contributed by atoms with Crippen molar-refractivity contribution in [2.24, 2.45) is 0 Å². The van der Waals surface area contributed by atoms with Crippen LogP contribution in [0.5, 0.6) is 0 Å². The van der Waals surface area contributed by atoms with E-state index in [2.05, 4.69) is 5.32 Å². The molecule has 3 rings (SSSR count). The molecule has 3 aromatic rings. The summed E-state index contributed by atoms with van der Waals surface area (Å²) in [6.45, 7) is -0.0107. The van der Waals surface area contributed by atoms with Crippen molar-refractivity contribution in [3.8, 4) is 10.6 Å². The molecular formula is C17H12F2N2O3S. The Labute approximate surface area is 145 Å². The summed E-state index contributed by atoms with van der Waals surface area (Å²) < 4.78 is 32.1. The molecule has 0 spiro atoms. The number of carbonyl (C=O) groups excluding carboxylic acids is 2. The molecule has 2 heterocycles. The number of benzene rings is 1. The highest BCUT2D eigenvalue weighted by Crippen LogP contribution is 2.26. The number of amides is 2. The van der Waals surface area contributed by atoms with Gasteiger partial charge in [0.2, 0.25) is 0 Å². The molecule has 25 heavy (non-hydrogen) atoms. The van der Waals surface area contributed by atoms with Crippen molar-refractivity contribution < 1.29 is 22.8 Å². The monoisotopic (exact) mass is 362 g/mol. The van der Waals surface area contributed by atoms with Crippen molar-refractivity contribution in [3.63, 3.8) is 0 Å². The first-order valence-electron chi connectivity index (χ1n) is 7.20. The second-order valence-corrected chi connectivity index (χ2v) is 5.95. The summed E-state index contributed by atoms with van der Waals surface area (Å²) in [4.78, 5) is 24.5. The van der Waals surface area contributed by atoms with Gasteiger partial charge in [0.25, 0.3) is 0 Å². The number of halogens is 2. The van der Waals surface area contributed by atoms with E-state index in [4.69, 9.17) is 4.42 Å². The van der Waals surface area contributed by atoms with Crippen LogP contribution in [-0.4, -0.2) is 11.8 Å². The van der Waals surface area contributed by atoms with Gasteiger partial charge in [0.1, 0.15) is 23.2 Å². The first-order valence-corrected chi connectivity index (χ1v) is 8.08. The number of carbonyl (C=O) groups is 2. The van der Waals surface area contributed by atoms with Gasteiger partial charge in [-0.15, -0.1) is 11.3 Å². The molecule has 2 amide bonds. The summed E-state index contributed by atoms with van der Waals surface area (Å²) in [6, 6.07) is 9.78. The van der Waals surface area contributed by atoms with Crippen molar-refractivity contribution in [1.82, 2.24) is 5.32 Å². The lowest BCUT2D eigenvalue weighted by Gasteiger charge is -2.06. The van der Waals surface area contributed by atoms with Crippen LogP contribution in [0.3, 0.4) is 0 Å². The zero-order valence-electron chi connectivity index (χ0n) is 12.7. The number of anilines is 1. The van der Waals surface area contributed by atoms with Crippen LogP contribution in [0.2, 0.25) is 0 Å². The highest BCUT2D eigenvalue weighted by Gasteiger charge is 2.16. The van der Waals surface area contributed by atoms with Crippen LogP contribution < -0.4 is 10.6 Å². The van der Waals surface area contributed by atoms with E-state index in [1.807, 2.05) is 22.8 Å². The predicted octanol–water partition coefficient (Wildman–Crippen LogP) is 3.54. The molecule has 0 saturated heterocycles. The Hall–Kier alpha value is -3.00. The summed E-state index contributed by atoms with van der Waals surface area (Å²) >= 11 is 1.51. The Kier molecular flexibility index (Phi) is 4.90. The van der Waals surface area contributed by atoms with Crippen molar-refractivity contribution in [1.29, 1.82) is 0 Å². The zero-order chi connectivity index (χ0) is 17.8. The van der Waals surface area contributed by atoms with Crippen LogP contribution in [-0.2, 0) is 16.1 Å². The fourth-order valence-corrected chi connectivity index (χ4v) is 2.73. The Morgan fingerprint density at radius 3 is 2.68 bits per heavy atom. The largest absolute Gasteiger partial charge is 0.458 e. The van der Waals surface area contributed by atoms with Crippen LogP contribution in [0.4, 0.5) is 14.5 Å². The maximum atomic E-state index is 13.5. The first kappa shape index (κ1) is 16.8. The number of hydrogen-bond acceptors (Lipinski definition) is 4. The van der Waals surface area contributed by atoms with Gasteiger partial charge in [-0.05, 0) is 35.7 Å². The van der Waals surface area contributed by atoms with Crippen LogP contribution in [0.1, 0.15) is 5.76 Å². The van der Waals surface area contributed by atoms with Crippen LogP contribution in [0.15, 0.2) is 52.3 Å². The van der Waals surface area contributed by atoms with Crippen molar-refractivity contribution in [2.75, 3.05) is 5.32 Å². The zero-order valence-corrected chi connectivity index (χ0v) is 13.5. The number of thiophene rings is 1. The lowest BCUT2D eigenvalue weighted by Crippen LogP contribution is -2.35. The number of nitrogens with one attached hydrogen (secondary N) is 2. The van der Waals surface area contributed by atoms with E-state index in [0.29, 0.717) is 11.5 Å². The predicted molar refractivity (Wildman–Crippen MR) is 88.9 cm³/mol. The Morgan fingerprint density at radius 2 is 1.92 bits per heavy atom. The van der Waals surface area contributed by atoms with Crippen molar-refractivity contribution in [3.05, 3.63) is 65.2 Å². The Balaban J connectivity index is 1.57. The second-order valence-electron chi connectivity index (χ2n) is 5.00. The van der Waals surface area contributed by atoms with Gasteiger partial charge in [0, 0.05) is 6.07 Å². The molecule has 0 aliphatic carbocycles.